The van der Waals surface area contributed by atoms with Gasteiger partial charge < -0.3 is 14.4 Å². The Balaban J connectivity index is 1.53. The summed E-state index contributed by atoms with van der Waals surface area (Å²) in [6.45, 7) is 6.93. The lowest BCUT2D eigenvalue weighted by molar-refractivity contribution is -0.138. The van der Waals surface area contributed by atoms with E-state index in [1.165, 1.54) is 0 Å². The average molecular weight is 360 g/mol. The van der Waals surface area contributed by atoms with Crippen molar-refractivity contribution in [1.29, 1.82) is 0 Å². The summed E-state index contributed by atoms with van der Waals surface area (Å²) in [7, 11) is 3.39. The van der Waals surface area contributed by atoms with Gasteiger partial charge in [0.15, 0.2) is 0 Å². The second kappa shape index (κ2) is 8.76. The van der Waals surface area contributed by atoms with Crippen LogP contribution in [0.1, 0.15) is 38.2 Å². The molecule has 0 aliphatic carbocycles. The molecule has 1 aromatic carbocycles. The molecule has 5 heteroatoms. The number of carbonyl (C=O) groups is 1. The minimum Gasteiger partial charge on any atom is -0.497 e. The standard InChI is InChI=1S/C21H32N2O3/c1-16-6-12-23(13-7-16)21(24)17-8-10-22(11-9-17)15-18-14-19(25-2)4-5-20(18)26-3/h4-5,14,16-17H,6-13,15H2,1-3H3. The Morgan fingerprint density at radius 3 is 2.35 bits per heavy atom. The van der Waals surface area contributed by atoms with E-state index in [1.807, 2.05) is 18.2 Å². The number of benzene rings is 1. The fraction of sp³-hybridized carbons (Fsp3) is 0.667. The molecule has 0 aromatic heterocycles. The summed E-state index contributed by atoms with van der Waals surface area (Å²) in [6, 6.07) is 5.93. The van der Waals surface area contributed by atoms with Gasteiger partial charge in [0.25, 0.3) is 0 Å². The first-order chi connectivity index (χ1) is 12.6. The van der Waals surface area contributed by atoms with Crippen molar-refractivity contribution in [3.8, 4) is 11.5 Å². The zero-order chi connectivity index (χ0) is 18.5. The van der Waals surface area contributed by atoms with Crippen LogP contribution in [0.15, 0.2) is 18.2 Å². The van der Waals surface area contributed by atoms with Gasteiger partial charge in [0, 0.05) is 31.1 Å². The monoisotopic (exact) mass is 360 g/mol. The van der Waals surface area contributed by atoms with Crippen LogP contribution >= 0.6 is 0 Å². The van der Waals surface area contributed by atoms with E-state index in [4.69, 9.17) is 9.47 Å². The number of piperidine rings is 2. The van der Waals surface area contributed by atoms with E-state index in [-0.39, 0.29) is 5.92 Å². The van der Waals surface area contributed by atoms with Crippen molar-refractivity contribution in [3.63, 3.8) is 0 Å². The van der Waals surface area contributed by atoms with Crippen LogP contribution in [-0.4, -0.2) is 56.1 Å². The number of ether oxygens (including phenoxy) is 2. The first-order valence-electron chi connectivity index (χ1n) is 9.82. The van der Waals surface area contributed by atoms with Gasteiger partial charge in [0.05, 0.1) is 14.2 Å². The first-order valence-corrected chi connectivity index (χ1v) is 9.82. The highest BCUT2D eigenvalue weighted by molar-refractivity contribution is 5.79. The van der Waals surface area contributed by atoms with Gasteiger partial charge >= 0.3 is 0 Å². The smallest absolute Gasteiger partial charge is 0.225 e. The SMILES string of the molecule is COc1ccc(OC)c(CN2CCC(C(=O)N3CCC(C)CC3)CC2)c1. The lowest BCUT2D eigenvalue weighted by Crippen LogP contribution is -2.45. The molecule has 144 valence electrons. The van der Waals surface area contributed by atoms with Crippen molar-refractivity contribution < 1.29 is 14.3 Å². The molecule has 0 N–H and O–H groups in total. The molecule has 0 bridgehead atoms. The summed E-state index contributed by atoms with van der Waals surface area (Å²) in [5, 5.41) is 0. The summed E-state index contributed by atoms with van der Waals surface area (Å²) in [4.78, 5) is 17.3. The van der Waals surface area contributed by atoms with Crippen molar-refractivity contribution in [3.05, 3.63) is 23.8 Å². The van der Waals surface area contributed by atoms with Gasteiger partial charge in [-0.15, -0.1) is 0 Å². The molecule has 0 spiro atoms. The van der Waals surface area contributed by atoms with Crippen LogP contribution in [0, 0.1) is 11.8 Å². The minimum absolute atomic E-state index is 0.201. The van der Waals surface area contributed by atoms with Crippen molar-refractivity contribution in [1.82, 2.24) is 9.80 Å². The summed E-state index contributed by atoms with van der Waals surface area (Å²) in [5.41, 5.74) is 1.14. The second-order valence-electron chi connectivity index (χ2n) is 7.74. The number of rotatable bonds is 5. The quantitative estimate of drug-likeness (QED) is 0.809. The molecular weight excluding hydrogens is 328 g/mol. The van der Waals surface area contributed by atoms with E-state index in [0.29, 0.717) is 5.91 Å². The maximum Gasteiger partial charge on any atom is 0.225 e. The summed E-state index contributed by atoms with van der Waals surface area (Å²) >= 11 is 0. The summed E-state index contributed by atoms with van der Waals surface area (Å²) in [6.07, 6.45) is 4.22. The molecule has 26 heavy (non-hydrogen) atoms. The zero-order valence-corrected chi connectivity index (χ0v) is 16.4. The molecule has 2 aliphatic heterocycles. The average Bonchev–Trinajstić information content (AvgIpc) is 2.68. The number of hydrogen-bond donors (Lipinski definition) is 0. The van der Waals surface area contributed by atoms with Gasteiger partial charge in [-0.05, 0) is 62.9 Å². The lowest BCUT2D eigenvalue weighted by Gasteiger charge is -2.36. The fourth-order valence-corrected chi connectivity index (χ4v) is 4.07. The molecule has 0 atom stereocenters. The number of methoxy groups -OCH3 is 2. The lowest BCUT2D eigenvalue weighted by atomic mass is 9.92. The molecule has 0 radical (unpaired) electrons. The van der Waals surface area contributed by atoms with E-state index in [2.05, 4.69) is 16.7 Å². The van der Waals surface area contributed by atoms with E-state index < -0.39 is 0 Å². The Kier molecular flexibility index (Phi) is 6.41. The normalized spacial score (nSPS) is 20.2. The molecular formula is C21H32N2O3. The Hall–Kier alpha value is -1.75. The maximum absolute atomic E-state index is 12.8. The molecule has 3 rings (SSSR count). The fourth-order valence-electron chi connectivity index (χ4n) is 4.07. The van der Waals surface area contributed by atoms with Gasteiger partial charge in [-0.2, -0.15) is 0 Å². The molecule has 2 aliphatic rings. The molecule has 0 saturated carbocycles. The van der Waals surface area contributed by atoms with Gasteiger partial charge in [0.1, 0.15) is 11.5 Å². The third-order valence-electron chi connectivity index (χ3n) is 5.91. The van der Waals surface area contributed by atoms with Crippen LogP contribution in [0.2, 0.25) is 0 Å². The van der Waals surface area contributed by atoms with Crippen LogP contribution in [0.4, 0.5) is 0 Å². The number of hydrogen-bond acceptors (Lipinski definition) is 4. The van der Waals surface area contributed by atoms with E-state index >= 15 is 0 Å². The molecule has 1 aromatic rings. The van der Waals surface area contributed by atoms with E-state index in [9.17, 15) is 4.79 Å². The third-order valence-corrected chi connectivity index (χ3v) is 5.91. The Bertz CT molecular complexity index is 603. The minimum atomic E-state index is 0.201. The predicted octanol–water partition coefficient (Wildman–Crippen LogP) is 3.17. The van der Waals surface area contributed by atoms with E-state index in [1.54, 1.807) is 14.2 Å². The van der Waals surface area contributed by atoms with Gasteiger partial charge in [-0.3, -0.25) is 9.69 Å². The van der Waals surface area contributed by atoms with Crippen LogP contribution in [0.3, 0.4) is 0 Å². The molecule has 2 fully saturated rings. The number of likely N-dealkylation sites (tertiary alicyclic amines) is 2. The predicted molar refractivity (Wildman–Crippen MR) is 103 cm³/mol. The van der Waals surface area contributed by atoms with Gasteiger partial charge in [0.2, 0.25) is 5.91 Å². The highest BCUT2D eigenvalue weighted by Crippen LogP contribution is 2.28. The molecule has 2 saturated heterocycles. The van der Waals surface area contributed by atoms with Crippen LogP contribution in [0.5, 0.6) is 11.5 Å². The molecule has 0 unspecified atom stereocenters. The summed E-state index contributed by atoms with van der Waals surface area (Å²) in [5.74, 6) is 3.10. The van der Waals surface area contributed by atoms with Crippen molar-refractivity contribution >= 4 is 5.91 Å². The van der Waals surface area contributed by atoms with Gasteiger partial charge in [-0.1, -0.05) is 6.92 Å². The molecule has 5 nitrogen and oxygen atoms in total. The largest absolute Gasteiger partial charge is 0.497 e. The maximum atomic E-state index is 12.8. The van der Waals surface area contributed by atoms with Crippen LogP contribution in [0.25, 0.3) is 0 Å². The third kappa shape index (κ3) is 4.50. The van der Waals surface area contributed by atoms with Crippen molar-refractivity contribution in [2.75, 3.05) is 40.4 Å². The highest BCUT2D eigenvalue weighted by atomic mass is 16.5. The number of nitrogens with zero attached hydrogens (tertiary/aromatic N) is 2. The Labute approximate surface area is 157 Å². The zero-order valence-electron chi connectivity index (χ0n) is 16.4. The van der Waals surface area contributed by atoms with Gasteiger partial charge in [-0.25, -0.2) is 0 Å². The van der Waals surface area contributed by atoms with Crippen LogP contribution in [-0.2, 0) is 11.3 Å². The van der Waals surface area contributed by atoms with Crippen LogP contribution < -0.4 is 9.47 Å². The topological polar surface area (TPSA) is 42.0 Å². The molecule has 1 amide bonds. The number of amides is 1. The van der Waals surface area contributed by atoms with Crippen molar-refractivity contribution in [2.45, 2.75) is 39.2 Å². The summed E-state index contributed by atoms with van der Waals surface area (Å²) < 4.78 is 10.8. The van der Waals surface area contributed by atoms with E-state index in [0.717, 1.165) is 81.4 Å². The highest BCUT2D eigenvalue weighted by Gasteiger charge is 2.30. The Morgan fingerprint density at radius 2 is 1.73 bits per heavy atom. The number of carbonyl (C=O) groups excluding carboxylic acids is 1. The second-order valence-corrected chi connectivity index (χ2v) is 7.74. The first kappa shape index (κ1) is 19.0. The Morgan fingerprint density at radius 1 is 1.04 bits per heavy atom. The van der Waals surface area contributed by atoms with Crippen molar-refractivity contribution in [2.24, 2.45) is 11.8 Å². The molecule has 2 heterocycles.